The molecule has 2 aromatic carbocycles. The molecule has 0 aromatic heterocycles. The molecule has 0 aliphatic heterocycles. The van der Waals surface area contributed by atoms with Crippen LogP contribution in [-0.2, 0) is 0 Å². The maximum Gasteiger partial charge on any atom is 0.317 e. The molecular weight excluding hydrogens is 330 g/mol. The van der Waals surface area contributed by atoms with Crippen molar-refractivity contribution in [3.63, 3.8) is 0 Å². The molecule has 21 heavy (non-hydrogen) atoms. The van der Waals surface area contributed by atoms with E-state index in [-0.39, 0.29) is 12.1 Å². The number of benzene rings is 2. The van der Waals surface area contributed by atoms with Crippen LogP contribution >= 0.6 is 15.9 Å². The number of nitrogen functional groups attached to an aromatic ring is 1. The van der Waals surface area contributed by atoms with Crippen LogP contribution in [0.4, 0.5) is 10.5 Å². The summed E-state index contributed by atoms with van der Waals surface area (Å²) in [4.78, 5) is 13.6. The third kappa shape index (κ3) is 3.76. The van der Waals surface area contributed by atoms with Gasteiger partial charge < -0.3 is 16.0 Å². The van der Waals surface area contributed by atoms with E-state index >= 15 is 0 Å². The molecule has 2 aromatic rings. The van der Waals surface area contributed by atoms with Crippen molar-refractivity contribution in [2.75, 3.05) is 19.8 Å². The van der Waals surface area contributed by atoms with E-state index in [1.807, 2.05) is 48.5 Å². The Hall–Kier alpha value is -2.01. The fraction of sp³-hybridized carbons (Fsp3) is 0.188. The highest BCUT2D eigenvalue weighted by Gasteiger charge is 2.20. The maximum absolute atomic E-state index is 12.1. The molecule has 0 bridgehead atoms. The van der Waals surface area contributed by atoms with Gasteiger partial charge >= 0.3 is 6.03 Å². The number of anilines is 1. The normalized spacial score (nSPS) is 11.8. The Morgan fingerprint density at radius 2 is 1.86 bits per heavy atom. The third-order valence-electron chi connectivity index (χ3n) is 3.17. The second-order valence-electron chi connectivity index (χ2n) is 4.96. The van der Waals surface area contributed by atoms with Crippen LogP contribution in [0, 0.1) is 0 Å². The Kier molecular flexibility index (Phi) is 4.85. The minimum atomic E-state index is -0.293. The molecule has 0 saturated carbocycles. The molecule has 2 amide bonds. The van der Waals surface area contributed by atoms with Gasteiger partial charge in [0, 0.05) is 29.8 Å². The Morgan fingerprint density at radius 3 is 2.48 bits per heavy atom. The third-order valence-corrected chi connectivity index (χ3v) is 3.66. The van der Waals surface area contributed by atoms with Gasteiger partial charge in [-0.3, -0.25) is 0 Å². The molecule has 110 valence electrons. The van der Waals surface area contributed by atoms with Crippen molar-refractivity contribution in [2.24, 2.45) is 0 Å². The van der Waals surface area contributed by atoms with Gasteiger partial charge in [0.1, 0.15) is 0 Å². The predicted octanol–water partition coefficient (Wildman–Crippen LogP) is 3.39. The van der Waals surface area contributed by atoms with Crippen molar-refractivity contribution in [3.8, 4) is 0 Å². The number of amides is 2. The van der Waals surface area contributed by atoms with Crippen molar-refractivity contribution in [1.29, 1.82) is 0 Å². The Labute approximate surface area is 133 Å². The number of hydrogen-bond acceptors (Lipinski definition) is 2. The molecular formula is C16H18BrN3O. The Morgan fingerprint density at radius 1 is 1.19 bits per heavy atom. The van der Waals surface area contributed by atoms with Crippen LogP contribution in [0.1, 0.15) is 17.2 Å². The Balaban J connectivity index is 2.45. The van der Waals surface area contributed by atoms with E-state index in [2.05, 4.69) is 21.2 Å². The van der Waals surface area contributed by atoms with Crippen LogP contribution in [0.2, 0.25) is 0 Å². The summed E-state index contributed by atoms with van der Waals surface area (Å²) in [5, 5.41) is 3.00. The van der Waals surface area contributed by atoms with Crippen LogP contribution in [0.3, 0.4) is 0 Å². The lowest BCUT2D eigenvalue weighted by atomic mass is 9.97. The number of urea groups is 1. The smallest absolute Gasteiger partial charge is 0.317 e. The summed E-state index contributed by atoms with van der Waals surface area (Å²) < 4.78 is 0.923. The van der Waals surface area contributed by atoms with E-state index < -0.39 is 0 Å². The van der Waals surface area contributed by atoms with E-state index in [0.29, 0.717) is 5.69 Å². The minimum Gasteiger partial charge on any atom is -0.398 e. The lowest BCUT2D eigenvalue weighted by Gasteiger charge is -2.23. The van der Waals surface area contributed by atoms with Crippen molar-refractivity contribution in [2.45, 2.75) is 6.04 Å². The van der Waals surface area contributed by atoms with Gasteiger partial charge in [0.15, 0.2) is 0 Å². The molecule has 1 atom stereocenters. The number of halogens is 1. The number of nitrogens with zero attached hydrogens (tertiary/aromatic N) is 1. The van der Waals surface area contributed by atoms with Gasteiger partial charge in [-0.1, -0.05) is 46.3 Å². The monoisotopic (exact) mass is 347 g/mol. The van der Waals surface area contributed by atoms with Crippen molar-refractivity contribution in [1.82, 2.24) is 10.2 Å². The summed E-state index contributed by atoms with van der Waals surface area (Å²) in [7, 11) is 3.42. The summed E-state index contributed by atoms with van der Waals surface area (Å²) in [6.07, 6.45) is 0. The van der Waals surface area contributed by atoms with Crippen LogP contribution in [0.5, 0.6) is 0 Å². The van der Waals surface area contributed by atoms with Gasteiger partial charge in [0.05, 0.1) is 6.04 Å². The molecule has 0 aliphatic rings. The highest BCUT2D eigenvalue weighted by Crippen LogP contribution is 2.29. The topological polar surface area (TPSA) is 58.4 Å². The average molecular weight is 348 g/mol. The molecule has 0 spiro atoms. The van der Waals surface area contributed by atoms with E-state index in [0.717, 1.165) is 15.6 Å². The summed E-state index contributed by atoms with van der Waals surface area (Å²) in [5.41, 5.74) is 8.59. The van der Waals surface area contributed by atoms with Crippen LogP contribution in [0.25, 0.3) is 0 Å². The SMILES string of the molecule is CN(C)C(=O)N[C@@H](c1ccccc1)c1cc(Br)ccc1N. The number of hydrogen-bond donors (Lipinski definition) is 2. The molecule has 0 fully saturated rings. The van der Waals surface area contributed by atoms with Crippen LogP contribution in [-0.4, -0.2) is 25.0 Å². The van der Waals surface area contributed by atoms with Gasteiger partial charge in [-0.25, -0.2) is 4.79 Å². The first-order valence-electron chi connectivity index (χ1n) is 6.56. The number of carbonyl (C=O) groups excluding carboxylic acids is 1. The quantitative estimate of drug-likeness (QED) is 0.836. The van der Waals surface area contributed by atoms with Crippen LogP contribution in [0.15, 0.2) is 53.0 Å². The second-order valence-corrected chi connectivity index (χ2v) is 5.88. The minimum absolute atomic E-state index is 0.164. The van der Waals surface area contributed by atoms with Crippen molar-refractivity contribution < 1.29 is 4.79 Å². The summed E-state index contributed by atoms with van der Waals surface area (Å²) in [6.45, 7) is 0. The highest BCUT2D eigenvalue weighted by molar-refractivity contribution is 9.10. The average Bonchev–Trinajstić information content (AvgIpc) is 2.48. The molecule has 4 nitrogen and oxygen atoms in total. The van der Waals surface area contributed by atoms with E-state index in [4.69, 9.17) is 5.73 Å². The zero-order chi connectivity index (χ0) is 15.4. The summed E-state index contributed by atoms with van der Waals surface area (Å²) in [6, 6.07) is 15.0. The predicted molar refractivity (Wildman–Crippen MR) is 89.1 cm³/mol. The van der Waals surface area contributed by atoms with Gasteiger partial charge in [0.2, 0.25) is 0 Å². The molecule has 0 radical (unpaired) electrons. The lowest BCUT2D eigenvalue weighted by Crippen LogP contribution is -2.37. The largest absolute Gasteiger partial charge is 0.398 e. The highest BCUT2D eigenvalue weighted by atomic mass is 79.9. The van der Waals surface area contributed by atoms with Gasteiger partial charge in [-0.05, 0) is 23.8 Å². The zero-order valence-corrected chi connectivity index (χ0v) is 13.6. The first-order chi connectivity index (χ1) is 9.99. The van der Waals surface area contributed by atoms with E-state index in [1.54, 1.807) is 14.1 Å². The number of nitrogens with two attached hydrogens (primary N) is 1. The number of rotatable bonds is 3. The van der Waals surface area contributed by atoms with E-state index in [9.17, 15) is 4.79 Å². The van der Waals surface area contributed by atoms with Crippen LogP contribution < -0.4 is 11.1 Å². The standard InChI is InChI=1S/C16H18BrN3O/c1-20(2)16(21)19-15(11-6-4-3-5-7-11)13-10-12(17)8-9-14(13)18/h3-10,15H,18H2,1-2H3,(H,19,21)/t15-/m0/s1. The summed E-state index contributed by atoms with van der Waals surface area (Å²) >= 11 is 3.45. The molecule has 3 N–H and O–H groups in total. The lowest BCUT2D eigenvalue weighted by molar-refractivity contribution is 0.215. The maximum atomic E-state index is 12.1. The first-order valence-corrected chi connectivity index (χ1v) is 7.36. The Bertz CT molecular complexity index is 629. The van der Waals surface area contributed by atoms with Gasteiger partial charge in [0.25, 0.3) is 0 Å². The number of carbonyl (C=O) groups is 1. The van der Waals surface area contributed by atoms with Crippen molar-refractivity contribution in [3.05, 3.63) is 64.1 Å². The fourth-order valence-electron chi connectivity index (χ4n) is 2.03. The molecule has 5 heteroatoms. The summed E-state index contributed by atoms with van der Waals surface area (Å²) in [5.74, 6) is 0. The number of nitrogens with one attached hydrogen (secondary N) is 1. The first kappa shape index (κ1) is 15.4. The van der Waals surface area contributed by atoms with Crippen molar-refractivity contribution >= 4 is 27.6 Å². The van der Waals surface area contributed by atoms with Gasteiger partial charge in [-0.15, -0.1) is 0 Å². The molecule has 2 rings (SSSR count). The zero-order valence-electron chi connectivity index (χ0n) is 12.0. The molecule has 0 heterocycles. The fourth-order valence-corrected chi connectivity index (χ4v) is 2.41. The van der Waals surface area contributed by atoms with Gasteiger partial charge in [-0.2, -0.15) is 0 Å². The molecule has 0 aliphatic carbocycles. The second kappa shape index (κ2) is 6.63. The molecule has 0 saturated heterocycles. The molecule has 0 unspecified atom stereocenters. The van der Waals surface area contributed by atoms with E-state index in [1.165, 1.54) is 4.90 Å².